The zero-order chi connectivity index (χ0) is 24.4. The maximum absolute atomic E-state index is 13.6. The van der Waals surface area contributed by atoms with Crippen molar-refractivity contribution < 1.29 is 4.39 Å². The van der Waals surface area contributed by atoms with Crippen LogP contribution in [0.2, 0.25) is 5.02 Å². The van der Waals surface area contributed by atoms with Gasteiger partial charge in [0.2, 0.25) is 5.95 Å². The first kappa shape index (κ1) is 22.6. The van der Waals surface area contributed by atoms with Crippen molar-refractivity contribution in [2.24, 2.45) is 0 Å². The third-order valence-corrected chi connectivity index (χ3v) is 5.92. The first-order chi connectivity index (χ1) is 17.0. The number of benzene rings is 3. The van der Waals surface area contributed by atoms with Crippen molar-refractivity contribution in [3.05, 3.63) is 118 Å². The van der Waals surface area contributed by atoms with Crippen LogP contribution in [-0.2, 0) is 0 Å². The van der Waals surface area contributed by atoms with Gasteiger partial charge in [0.05, 0.1) is 28.7 Å². The minimum absolute atomic E-state index is 0.0271. The molecule has 5 aromatic rings. The molecule has 3 aromatic carbocycles. The Morgan fingerprint density at radius 2 is 1.69 bits per heavy atom. The minimum atomic E-state index is -0.382. The molecule has 0 saturated heterocycles. The van der Waals surface area contributed by atoms with Gasteiger partial charge in [0.1, 0.15) is 5.82 Å². The Balaban J connectivity index is 1.60. The number of hydrogen-bond acceptors (Lipinski definition) is 4. The van der Waals surface area contributed by atoms with E-state index in [2.05, 4.69) is 20.4 Å². The van der Waals surface area contributed by atoms with Gasteiger partial charge in [0, 0.05) is 11.2 Å². The van der Waals surface area contributed by atoms with Gasteiger partial charge in [-0.25, -0.2) is 19.0 Å². The molecule has 0 aliphatic rings. The van der Waals surface area contributed by atoms with Crippen molar-refractivity contribution in [3.8, 4) is 28.2 Å². The van der Waals surface area contributed by atoms with E-state index >= 15 is 0 Å². The largest absolute Gasteiger partial charge is 0.348 e. The highest BCUT2D eigenvalue weighted by Gasteiger charge is 2.20. The van der Waals surface area contributed by atoms with E-state index in [0.717, 1.165) is 5.56 Å². The first-order valence-electron chi connectivity index (χ1n) is 11.0. The average molecular weight is 486 g/mol. The summed E-state index contributed by atoms with van der Waals surface area (Å²) in [5.41, 5.74) is 3.37. The molecule has 35 heavy (non-hydrogen) atoms. The Kier molecular flexibility index (Phi) is 6.16. The number of nitrogens with zero attached hydrogens (tertiary/aromatic N) is 3. The predicted molar refractivity (Wildman–Crippen MR) is 136 cm³/mol. The highest BCUT2D eigenvalue weighted by molar-refractivity contribution is 6.30. The SMILES string of the molecule is CC(Nc1nccc(-c2[nH]n(-c3ccc(Cl)cc3)c(=O)c2-c2ccc(F)cc2)n1)c1ccccc1. The van der Waals surface area contributed by atoms with Crippen LogP contribution >= 0.6 is 11.6 Å². The lowest BCUT2D eigenvalue weighted by Crippen LogP contribution is -2.15. The van der Waals surface area contributed by atoms with E-state index < -0.39 is 0 Å². The lowest BCUT2D eigenvalue weighted by Gasteiger charge is -2.14. The molecule has 0 fully saturated rings. The Morgan fingerprint density at radius 1 is 0.971 bits per heavy atom. The van der Waals surface area contributed by atoms with Gasteiger partial charge in [0.15, 0.2) is 0 Å². The first-order valence-corrected chi connectivity index (χ1v) is 11.4. The normalized spacial score (nSPS) is 11.9. The molecule has 0 bridgehead atoms. The number of hydrogen-bond donors (Lipinski definition) is 2. The van der Waals surface area contributed by atoms with Crippen LogP contribution in [0.3, 0.4) is 0 Å². The summed E-state index contributed by atoms with van der Waals surface area (Å²) in [6.45, 7) is 2.02. The number of halogens is 2. The molecule has 0 saturated carbocycles. The standard InChI is InChI=1S/C27H21ClFN5O/c1-17(18-5-3-2-4-6-18)31-27-30-16-15-23(32-27)25-24(19-7-11-21(29)12-8-19)26(35)34(33-25)22-13-9-20(28)10-14-22/h2-17,33H,1H3,(H,30,31,32). The maximum Gasteiger partial charge on any atom is 0.279 e. The quantitative estimate of drug-likeness (QED) is 0.298. The lowest BCUT2D eigenvalue weighted by molar-refractivity contribution is 0.628. The molecule has 0 aliphatic heterocycles. The van der Waals surface area contributed by atoms with Crippen molar-refractivity contribution in [1.29, 1.82) is 0 Å². The Labute approximate surface area is 206 Å². The van der Waals surface area contributed by atoms with E-state index in [4.69, 9.17) is 11.6 Å². The second kappa shape index (κ2) is 9.56. The van der Waals surface area contributed by atoms with Gasteiger partial charge in [-0.2, -0.15) is 0 Å². The van der Waals surface area contributed by atoms with E-state index in [9.17, 15) is 9.18 Å². The zero-order valence-electron chi connectivity index (χ0n) is 18.7. The molecule has 2 heterocycles. The third kappa shape index (κ3) is 4.72. The van der Waals surface area contributed by atoms with Crippen molar-refractivity contribution >= 4 is 17.5 Å². The van der Waals surface area contributed by atoms with Crippen LogP contribution in [0.4, 0.5) is 10.3 Å². The van der Waals surface area contributed by atoms with Gasteiger partial charge in [-0.3, -0.25) is 9.89 Å². The van der Waals surface area contributed by atoms with Crippen LogP contribution in [-0.4, -0.2) is 19.7 Å². The molecule has 0 aliphatic carbocycles. The van der Waals surface area contributed by atoms with Gasteiger partial charge in [0.25, 0.3) is 5.56 Å². The highest BCUT2D eigenvalue weighted by Crippen LogP contribution is 2.29. The van der Waals surface area contributed by atoms with E-state index in [0.29, 0.717) is 39.2 Å². The van der Waals surface area contributed by atoms with Crippen LogP contribution in [0.15, 0.2) is 95.9 Å². The van der Waals surface area contributed by atoms with Crippen LogP contribution in [0, 0.1) is 5.82 Å². The van der Waals surface area contributed by atoms with Crippen molar-refractivity contribution in [1.82, 2.24) is 19.7 Å². The fraction of sp³-hybridized carbons (Fsp3) is 0.0741. The zero-order valence-corrected chi connectivity index (χ0v) is 19.5. The van der Waals surface area contributed by atoms with E-state index in [1.165, 1.54) is 16.8 Å². The number of H-pyrrole nitrogens is 1. The number of rotatable bonds is 6. The van der Waals surface area contributed by atoms with E-state index in [1.807, 2.05) is 37.3 Å². The predicted octanol–water partition coefficient (Wildman–Crippen LogP) is 6.26. The van der Waals surface area contributed by atoms with Crippen molar-refractivity contribution in [3.63, 3.8) is 0 Å². The van der Waals surface area contributed by atoms with Crippen LogP contribution in [0.25, 0.3) is 28.2 Å². The number of aromatic amines is 1. The fourth-order valence-electron chi connectivity index (χ4n) is 3.87. The van der Waals surface area contributed by atoms with Crippen LogP contribution in [0.1, 0.15) is 18.5 Å². The van der Waals surface area contributed by atoms with Gasteiger partial charge < -0.3 is 5.32 Å². The van der Waals surface area contributed by atoms with Crippen LogP contribution < -0.4 is 10.9 Å². The molecule has 2 aromatic heterocycles. The summed E-state index contributed by atoms with van der Waals surface area (Å²) in [7, 11) is 0. The third-order valence-electron chi connectivity index (χ3n) is 5.67. The summed E-state index contributed by atoms with van der Waals surface area (Å²) in [5.74, 6) is 0.0382. The monoisotopic (exact) mass is 485 g/mol. The number of nitrogens with one attached hydrogen (secondary N) is 2. The second-order valence-electron chi connectivity index (χ2n) is 8.03. The summed E-state index contributed by atoms with van der Waals surface area (Å²) in [4.78, 5) is 22.6. The summed E-state index contributed by atoms with van der Waals surface area (Å²) < 4.78 is 15.0. The Bertz CT molecular complexity index is 1510. The molecule has 6 nitrogen and oxygen atoms in total. The van der Waals surface area contributed by atoms with Gasteiger partial charge >= 0.3 is 0 Å². The molecule has 174 valence electrons. The molecular formula is C27H21ClFN5O. The number of aromatic nitrogens is 4. The molecule has 1 unspecified atom stereocenters. The lowest BCUT2D eigenvalue weighted by atomic mass is 10.0. The summed E-state index contributed by atoms with van der Waals surface area (Å²) in [6, 6.07) is 24.4. The van der Waals surface area contributed by atoms with Crippen LogP contribution in [0.5, 0.6) is 0 Å². The minimum Gasteiger partial charge on any atom is -0.348 e. The molecule has 1 atom stereocenters. The molecule has 0 spiro atoms. The Morgan fingerprint density at radius 3 is 2.40 bits per heavy atom. The molecule has 0 amide bonds. The molecule has 5 rings (SSSR count). The number of anilines is 1. The molecular weight excluding hydrogens is 465 g/mol. The van der Waals surface area contributed by atoms with Gasteiger partial charge in [-0.1, -0.05) is 54.1 Å². The van der Waals surface area contributed by atoms with Gasteiger partial charge in [-0.05, 0) is 60.5 Å². The second-order valence-corrected chi connectivity index (χ2v) is 8.46. The van der Waals surface area contributed by atoms with E-state index in [-0.39, 0.29) is 17.4 Å². The fourth-order valence-corrected chi connectivity index (χ4v) is 3.99. The highest BCUT2D eigenvalue weighted by atomic mass is 35.5. The van der Waals surface area contributed by atoms with E-state index in [1.54, 1.807) is 48.7 Å². The molecule has 0 radical (unpaired) electrons. The average Bonchev–Trinajstić information content (AvgIpc) is 3.23. The van der Waals surface area contributed by atoms with Crippen molar-refractivity contribution in [2.75, 3.05) is 5.32 Å². The van der Waals surface area contributed by atoms with Gasteiger partial charge in [-0.15, -0.1) is 0 Å². The summed E-state index contributed by atoms with van der Waals surface area (Å²) in [5, 5.41) is 7.05. The maximum atomic E-state index is 13.6. The molecule has 2 N–H and O–H groups in total. The summed E-state index contributed by atoms with van der Waals surface area (Å²) >= 11 is 6.03. The molecule has 8 heteroatoms. The smallest absolute Gasteiger partial charge is 0.279 e. The topological polar surface area (TPSA) is 75.6 Å². The van der Waals surface area contributed by atoms with Crippen molar-refractivity contribution in [2.45, 2.75) is 13.0 Å². The summed E-state index contributed by atoms with van der Waals surface area (Å²) in [6.07, 6.45) is 1.63. The Hall–Kier alpha value is -4.23.